The van der Waals surface area contributed by atoms with Crippen molar-refractivity contribution in [3.8, 4) is 0 Å². The number of hydrogen-bond acceptors (Lipinski definition) is 3. The van der Waals surface area contributed by atoms with Crippen LogP contribution in [0.5, 0.6) is 0 Å². The molecular weight excluding hydrogens is 182 g/mol. The smallest absolute Gasteiger partial charge is 0.329 e. The molecule has 0 aromatic carbocycles. The van der Waals surface area contributed by atoms with E-state index in [-0.39, 0.29) is 5.41 Å². The van der Waals surface area contributed by atoms with Crippen LogP contribution >= 0.6 is 0 Å². The fourth-order valence-electron chi connectivity index (χ4n) is 2.19. The average molecular weight is 197 g/mol. The molecule has 14 heavy (non-hydrogen) atoms. The first kappa shape index (κ1) is 10.9. The van der Waals surface area contributed by atoms with Gasteiger partial charge >= 0.3 is 5.97 Å². The van der Waals surface area contributed by atoms with Crippen LogP contribution in [0.1, 0.15) is 39.0 Å². The second-order valence-electron chi connectivity index (χ2n) is 4.18. The van der Waals surface area contributed by atoms with Crippen LogP contribution in [0.15, 0.2) is 4.99 Å². The Morgan fingerprint density at radius 2 is 2.00 bits per heavy atom. The molecule has 4 heteroatoms. The summed E-state index contributed by atoms with van der Waals surface area (Å²) < 4.78 is 0. The lowest BCUT2D eigenvalue weighted by Gasteiger charge is -2.35. The maximum atomic E-state index is 10.9. The third-order valence-electron chi connectivity index (χ3n) is 3.07. The number of carbonyl (C=O) groups is 1. The lowest BCUT2D eigenvalue weighted by Crippen LogP contribution is -2.38. The maximum Gasteiger partial charge on any atom is 0.329 e. The number of carboxylic acids is 1. The van der Waals surface area contributed by atoms with Gasteiger partial charge in [-0.15, -0.1) is 0 Å². The molecule has 0 heterocycles. The number of carboxylic acid groups (broad SMARTS) is 1. The lowest BCUT2D eigenvalue weighted by atomic mass is 9.71. The predicted molar refractivity (Wildman–Crippen MR) is 50.7 cm³/mol. The molecule has 0 aliphatic heterocycles. The Labute approximate surface area is 83.0 Å². The highest BCUT2D eigenvalue weighted by atomic mass is 16.4. The summed E-state index contributed by atoms with van der Waals surface area (Å²) >= 11 is 0. The van der Waals surface area contributed by atoms with Crippen molar-refractivity contribution in [1.29, 1.82) is 0 Å². The summed E-state index contributed by atoms with van der Waals surface area (Å²) in [5.74, 6) is -1.02. The Hall–Kier alpha value is -1.15. The van der Waals surface area contributed by atoms with Crippen molar-refractivity contribution in [2.45, 2.75) is 45.1 Å². The number of isocyanates is 1. The second kappa shape index (κ2) is 4.38. The molecule has 0 radical (unpaired) electrons. The van der Waals surface area contributed by atoms with Crippen LogP contribution in [0.3, 0.4) is 0 Å². The standard InChI is InChI=1S/C10H15NO3/c1-10(5-3-2-4-6-10)8(9(13)14)11-7-12/h8H,2-6H2,1H3,(H,13,14)/t8-/m1/s1. The number of rotatable bonds is 3. The Morgan fingerprint density at radius 3 is 2.43 bits per heavy atom. The summed E-state index contributed by atoms with van der Waals surface area (Å²) in [7, 11) is 0. The molecule has 1 fully saturated rings. The maximum absolute atomic E-state index is 10.9. The van der Waals surface area contributed by atoms with E-state index in [9.17, 15) is 9.59 Å². The molecule has 0 unspecified atom stereocenters. The number of aliphatic imine (C=N–C) groups is 1. The fraction of sp³-hybridized carbons (Fsp3) is 0.800. The summed E-state index contributed by atoms with van der Waals surface area (Å²) in [6.45, 7) is 1.89. The SMILES string of the molecule is CC1([C@H](N=C=O)C(=O)O)CCCCC1. The Bertz CT molecular complexity index is 261. The zero-order valence-electron chi connectivity index (χ0n) is 8.32. The van der Waals surface area contributed by atoms with Crippen molar-refractivity contribution in [3.63, 3.8) is 0 Å². The van der Waals surface area contributed by atoms with Gasteiger partial charge in [0.15, 0.2) is 6.04 Å². The van der Waals surface area contributed by atoms with Crippen LogP contribution in [0.4, 0.5) is 0 Å². The van der Waals surface area contributed by atoms with Crippen LogP contribution in [0.2, 0.25) is 0 Å². The van der Waals surface area contributed by atoms with Crippen molar-refractivity contribution in [3.05, 3.63) is 0 Å². The molecular formula is C10H15NO3. The molecule has 0 saturated heterocycles. The summed E-state index contributed by atoms with van der Waals surface area (Å²) in [5.41, 5.74) is -0.360. The van der Waals surface area contributed by atoms with E-state index < -0.39 is 12.0 Å². The first-order valence-corrected chi connectivity index (χ1v) is 4.90. The van der Waals surface area contributed by atoms with Crippen molar-refractivity contribution < 1.29 is 14.7 Å². The van der Waals surface area contributed by atoms with Crippen LogP contribution in [0.25, 0.3) is 0 Å². The molecule has 0 aromatic heterocycles. The van der Waals surface area contributed by atoms with Gasteiger partial charge in [0.1, 0.15) is 0 Å². The van der Waals surface area contributed by atoms with Crippen LogP contribution in [0, 0.1) is 5.41 Å². The number of carbonyl (C=O) groups excluding carboxylic acids is 1. The molecule has 0 aromatic rings. The van der Waals surface area contributed by atoms with E-state index in [1.165, 1.54) is 6.08 Å². The molecule has 1 rings (SSSR count). The van der Waals surface area contributed by atoms with E-state index in [1.54, 1.807) is 0 Å². The third kappa shape index (κ3) is 2.20. The van der Waals surface area contributed by atoms with Gasteiger partial charge in [-0.05, 0) is 12.8 Å². The minimum atomic E-state index is -1.02. The molecule has 1 aliphatic rings. The van der Waals surface area contributed by atoms with E-state index in [0.29, 0.717) is 0 Å². The molecule has 4 nitrogen and oxygen atoms in total. The monoisotopic (exact) mass is 197 g/mol. The van der Waals surface area contributed by atoms with Crippen LogP contribution in [-0.4, -0.2) is 23.2 Å². The number of nitrogens with zero attached hydrogens (tertiary/aromatic N) is 1. The molecule has 1 atom stereocenters. The largest absolute Gasteiger partial charge is 0.480 e. The topological polar surface area (TPSA) is 66.7 Å². The highest BCUT2D eigenvalue weighted by molar-refractivity contribution is 5.75. The minimum Gasteiger partial charge on any atom is -0.480 e. The molecule has 0 bridgehead atoms. The quantitative estimate of drug-likeness (QED) is 0.553. The van der Waals surface area contributed by atoms with E-state index >= 15 is 0 Å². The van der Waals surface area contributed by atoms with E-state index in [4.69, 9.17) is 5.11 Å². The van der Waals surface area contributed by atoms with Crippen molar-refractivity contribution in [1.82, 2.24) is 0 Å². The van der Waals surface area contributed by atoms with Gasteiger partial charge in [-0.2, -0.15) is 4.99 Å². The van der Waals surface area contributed by atoms with Gasteiger partial charge in [0.2, 0.25) is 6.08 Å². The summed E-state index contributed by atoms with van der Waals surface area (Å²) in [6, 6.07) is -0.916. The number of hydrogen-bond donors (Lipinski definition) is 1. The molecule has 0 amide bonds. The van der Waals surface area contributed by atoms with Gasteiger partial charge in [-0.1, -0.05) is 26.2 Å². The molecule has 1 aliphatic carbocycles. The first-order chi connectivity index (χ1) is 6.60. The Kier molecular flexibility index (Phi) is 3.42. The van der Waals surface area contributed by atoms with Gasteiger partial charge < -0.3 is 5.11 Å². The summed E-state index contributed by atoms with van der Waals surface area (Å²) in [4.78, 5) is 24.5. The minimum absolute atomic E-state index is 0.360. The summed E-state index contributed by atoms with van der Waals surface area (Å²) in [5, 5.41) is 8.95. The third-order valence-corrected chi connectivity index (χ3v) is 3.07. The molecule has 1 saturated carbocycles. The van der Waals surface area contributed by atoms with E-state index in [1.807, 2.05) is 6.92 Å². The first-order valence-electron chi connectivity index (χ1n) is 4.90. The van der Waals surface area contributed by atoms with Crippen molar-refractivity contribution in [2.75, 3.05) is 0 Å². The fourth-order valence-corrected chi connectivity index (χ4v) is 2.19. The van der Waals surface area contributed by atoms with Crippen molar-refractivity contribution >= 4 is 12.0 Å². The van der Waals surface area contributed by atoms with E-state index in [2.05, 4.69) is 4.99 Å². The van der Waals surface area contributed by atoms with E-state index in [0.717, 1.165) is 32.1 Å². The van der Waals surface area contributed by atoms with Gasteiger partial charge in [0.25, 0.3) is 0 Å². The van der Waals surface area contributed by atoms with Gasteiger partial charge in [-0.25, -0.2) is 9.59 Å². The predicted octanol–water partition coefficient (Wildman–Crippen LogP) is 1.75. The van der Waals surface area contributed by atoms with Crippen molar-refractivity contribution in [2.24, 2.45) is 10.4 Å². The second-order valence-corrected chi connectivity index (χ2v) is 4.18. The van der Waals surface area contributed by atoms with Gasteiger partial charge in [0, 0.05) is 5.41 Å². The zero-order valence-corrected chi connectivity index (χ0v) is 8.32. The van der Waals surface area contributed by atoms with Crippen LogP contribution in [-0.2, 0) is 9.59 Å². The Balaban J connectivity index is 2.84. The molecule has 1 N–H and O–H groups in total. The Morgan fingerprint density at radius 1 is 1.43 bits per heavy atom. The molecule has 0 spiro atoms. The highest BCUT2D eigenvalue weighted by Crippen LogP contribution is 2.40. The zero-order chi connectivity index (χ0) is 10.6. The highest BCUT2D eigenvalue weighted by Gasteiger charge is 2.40. The number of aliphatic carboxylic acids is 1. The normalized spacial score (nSPS) is 22.1. The lowest BCUT2D eigenvalue weighted by molar-refractivity contribution is -0.142. The molecule has 78 valence electrons. The van der Waals surface area contributed by atoms with Crippen LogP contribution < -0.4 is 0 Å². The van der Waals surface area contributed by atoms with Gasteiger partial charge in [-0.3, -0.25) is 0 Å². The summed E-state index contributed by atoms with van der Waals surface area (Å²) in [6.07, 6.45) is 6.21. The average Bonchev–Trinajstić information content (AvgIpc) is 2.14. The van der Waals surface area contributed by atoms with Gasteiger partial charge in [0.05, 0.1) is 0 Å².